The maximum absolute atomic E-state index is 12.1. The Kier molecular flexibility index (Phi) is 2.59. The quantitative estimate of drug-likeness (QED) is 0.677. The van der Waals surface area contributed by atoms with Crippen molar-refractivity contribution in [1.29, 1.82) is 0 Å². The van der Waals surface area contributed by atoms with Gasteiger partial charge in [0.05, 0.1) is 6.26 Å². The van der Waals surface area contributed by atoms with E-state index in [1.807, 2.05) is 0 Å². The molecule has 0 saturated heterocycles. The lowest BCUT2D eigenvalue weighted by Gasteiger charge is -1.95. The predicted molar refractivity (Wildman–Crippen MR) is 72.6 cm³/mol. The molecule has 3 heterocycles. The van der Waals surface area contributed by atoms with Crippen LogP contribution >= 0.6 is 0 Å². The number of nitrogens with one attached hydrogen (secondary N) is 3. The Morgan fingerprint density at radius 3 is 3.00 bits per heavy atom. The van der Waals surface area contributed by atoms with Crippen molar-refractivity contribution in [3.8, 4) is 11.5 Å². The number of hydrogen-bond donors (Lipinski definition) is 3. The van der Waals surface area contributed by atoms with Gasteiger partial charge in [-0.15, -0.1) is 5.10 Å². The molecule has 3 N–H and O–H groups in total. The van der Waals surface area contributed by atoms with Crippen LogP contribution in [-0.4, -0.2) is 31.3 Å². The summed E-state index contributed by atoms with van der Waals surface area (Å²) in [5.41, 5.74) is 0.887. The summed E-state index contributed by atoms with van der Waals surface area (Å²) >= 11 is 0. The monoisotopic (exact) mass is 284 g/mol. The van der Waals surface area contributed by atoms with E-state index in [1.54, 1.807) is 24.5 Å². The van der Waals surface area contributed by atoms with Gasteiger partial charge < -0.3 is 4.42 Å². The molecule has 3 aromatic heterocycles. The van der Waals surface area contributed by atoms with E-state index in [2.05, 4.69) is 30.7 Å². The van der Waals surface area contributed by atoms with Crippen molar-refractivity contribution in [2.75, 3.05) is 5.32 Å². The number of H-pyrrole nitrogens is 2. The number of aromatic amines is 2. The lowest BCUT2D eigenvalue weighted by molar-refractivity contribution is 0.102. The molecule has 1 amide bonds. The average Bonchev–Trinajstić information content (AvgIpc) is 2.94. The maximum Gasteiger partial charge on any atom is 0.278 e. The summed E-state index contributed by atoms with van der Waals surface area (Å²) in [5, 5.41) is 16.1. The Hall–Kier alpha value is -2.90. The number of amides is 1. The van der Waals surface area contributed by atoms with Gasteiger partial charge in [0.25, 0.3) is 5.91 Å². The third-order valence-electron chi connectivity index (χ3n) is 3.29. The molecule has 1 aliphatic carbocycles. The molecule has 1 fully saturated rings. The summed E-state index contributed by atoms with van der Waals surface area (Å²) in [6.07, 6.45) is 3.80. The summed E-state index contributed by atoms with van der Waals surface area (Å²) in [6.45, 7) is 0. The molecule has 3 aromatic rings. The first-order valence-corrected chi connectivity index (χ1v) is 6.62. The fourth-order valence-corrected chi connectivity index (χ4v) is 2.03. The zero-order chi connectivity index (χ0) is 14.2. The molecular formula is C13H12N6O2. The second-order valence-corrected chi connectivity index (χ2v) is 4.92. The first-order valence-electron chi connectivity index (χ1n) is 6.62. The molecule has 21 heavy (non-hydrogen) atoms. The van der Waals surface area contributed by atoms with Crippen LogP contribution in [0.15, 0.2) is 28.9 Å². The van der Waals surface area contributed by atoms with Crippen molar-refractivity contribution >= 4 is 11.9 Å². The van der Waals surface area contributed by atoms with Gasteiger partial charge in [0.2, 0.25) is 5.95 Å². The summed E-state index contributed by atoms with van der Waals surface area (Å²) in [4.78, 5) is 16.3. The van der Waals surface area contributed by atoms with Gasteiger partial charge in [-0.1, -0.05) is 0 Å². The number of aromatic nitrogens is 5. The van der Waals surface area contributed by atoms with Crippen molar-refractivity contribution in [3.63, 3.8) is 0 Å². The molecule has 106 valence electrons. The zero-order valence-corrected chi connectivity index (χ0v) is 11.0. The number of carbonyl (C=O) groups excluding carboxylic acids is 1. The summed E-state index contributed by atoms with van der Waals surface area (Å²) in [5.74, 6) is 1.80. The van der Waals surface area contributed by atoms with E-state index in [9.17, 15) is 4.79 Å². The fraction of sp³-hybridized carbons (Fsp3) is 0.231. The minimum Gasteiger partial charge on any atom is -0.463 e. The standard InChI is InChI=1S/C13H12N6O2/c20-12(15-13-14-11(18-19-13)7-3-4-7)9-6-8(16-17-9)10-2-1-5-21-10/h1-2,5-7H,3-4H2,(H,16,17)(H2,14,15,18,19,20). The zero-order valence-electron chi connectivity index (χ0n) is 11.0. The molecule has 0 aliphatic heterocycles. The number of rotatable bonds is 4. The first-order chi connectivity index (χ1) is 10.3. The third kappa shape index (κ3) is 2.31. The summed E-state index contributed by atoms with van der Waals surface area (Å²) in [7, 11) is 0. The third-order valence-corrected chi connectivity index (χ3v) is 3.29. The number of anilines is 1. The highest BCUT2D eigenvalue weighted by Gasteiger charge is 2.27. The van der Waals surface area contributed by atoms with Crippen LogP contribution in [0.4, 0.5) is 5.95 Å². The molecule has 0 atom stereocenters. The second kappa shape index (κ2) is 4.58. The summed E-state index contributed by atoms with van der Waals surface area (Å²) < 4.78 is 5.23. The van der Waals surface area contributed by atoms with Gasteiger partial charge in [0.1, 0.15) is 11.5 Å². The van der Waals surface area contributed by atoms with E-state index < -0.39 is 0 Å². The minimum absolute atomic E-state index is 0.249. The molecule has 1 aliphatic rings. The van der Waals surface area contributed by atoms with Crippen LogP contribution < -0.4 is 5.32 Å². The Balaban J connectivity index is 1.49. The largest absolute Gasteiger partial charge is 0.463 e. The first kappa shape index (κ1) is 11.9. The van der Waals surface area contributed by atoms with E-state index >= 15 is 0 Å². The molecule has 1 saturated carbocycles. The van der Waals surface area contributed by atoms with Gasteiger partial charge in [-0.05, 0) is 25.0 Å². The maximum atomic E-state index is 12.1. The highest BCUT2D eigenvalue weighted by atomic mass is 16.3. The fourth-order valence-electron chi connectivity index (χ4n) is 2.03. The van der Waals surface area contributed by atoms with Crippen LogP contribution in [0.2, 0.25) is 0 Å². The van der Waals surface area contributed by atoms with Crippen LogP contribution in [-0.2, 0) is 0 Å². The lowest BCUT2D eigenvalue weighted by atomic mass is 10.3. The van der Waals surface area contributed by atoms with Crippen LogP contribution in [0, 0.1) is 0 Å². The van der Waals surface area contributed by atoms with Crippen molar-refractivity contribution in [2.24, 2.45) is 0 Å². The number of carbonyl (C=O) groups is 1. The Morgan fingerprint density at radius 1 is 1.33 bits per heavy atom. The lowest BCUT2D eigenvalue weighted by Crippen LogP contribution is -2.13. The van der Waals surface area contributed by atoms with E-state index in [0.29, 0.717) is 17.4 Å². The average molecular weight is 284 g/mol. The molecule has 4 rings (SSSR count). The molecule has 8 heteroatoms. The van der Waals surface area contributed by atoms with Gasteiger partial charge in [0, 0.05) is 12.0 Å². The van der Waals surface area contributed by atoms with Gasteiger partial charge in [-0.3, -0.25) is 20.3 Å². The highest BCUT2D eigenvalue weighted by molar-refractivity contribution is 6.02. The van der Waals surface area contributed by atoms with Crippen molar-refractivity contribution < 1.29 is 9.21 Å². The second-order valence-electron chi connectivity index (χ2n) is 4.92. The normalized spacial score (nSPS) is 14.3. The van der Waals surface area contributed by atoms with Crippen LogP contribution in [0.3, 0.4) is 0 Å². The highest BCUT2D eigenvalue weighted by Crippen LogP contribution is 2.38. The van der Waals surface area contributed by atoms with Gasteiger partial charge >= 0.3 is 0 Å². The van der Waals surface area contributed by atoms with Crippen LogP contribution in [0.5, 0.6) is 0 Å². The molecule has 0 radical (unpaired) electrons. The van der Waals surface area contributed by atoms with E-state index in [-0.39, 0.29) is 17.5 Å². The Morgan fingerprint density at radius 2 is 2.24 bits per heavy atom. The van der Waals surface area contributed by atoms with E-state index in [4.69, 9.17) is 4.42 Å². The topological polar surface area (TPSA) is 112 Å². The van der Waals surface area contributed by atoms with Gasteiger partial charge in [0.15, 0.2) is 11.5 Å². The Bertz CT molecular complexity index is 768. The van der Waals surface area contributed by atoms with E-state index in [0.717, 1.165) is 18.7 Å². The van der Waals surface area contributed by atoms with Crippen LogP contribution in [0.1, 0.15) is 35.1 Å². The molecule has 0 unspecified atom stereocenters. The molecule has 0 aromatic carbocycles. The number of nitrogens with zero attached hydrogens (tertiary/aromatic N) is 3. The SMILES string of the molecule is O=C(Nc1n[nH]c(C2CC2)n1)c1cc(-c2ccco2)[nH]n1. The minimum atomic E-state index is -0.370. The number of furan rings is 1. The Labute approximate surface area is 119 Å². The van der Waals surface area contributed by atoms with Crippen molar-refractivity contribution in [3.05, 3.63) is 36.0 Å². The predicted octanol–water partition coefficient (Wildman–Crippen LogP) is 1.92. The molecular weight excluding hydrogens is 272 g/mol. The smallest absolute Gasteiger partial charge is 0.278 e. The van der Waals surface area contributed by atoms with E-state index in [1.165, 1.54) is 0 Å². The number of hydrogen-bond acceptors (Lipinski definition) is 5. The van der Waals surface area contributed by atoms with Crippen LogP contribution in [0.25, 0.3) is 11.5 Å². The van der Waals surface area contributed by atoms with Gasteiger partial charge in [-0.25, -0.2) is 0 Å². The molecule has 8 nitrogen and oxygen atoms in total. The van der Waals surface area contributed by atoms with Gasteiger partial charge in [-0.2, -0.15) is 10.1 Å². The van der Waals surface area contributed by atoms with Crippen molar-refractivity contribution in [2.45, 2.75) is 18.8 Å². The van der Waals surface area contributed by atoms with Crippen molar-refractivity contribution in [1.82, 2.24) is 25.4 Å². The summed E-state index contributed by atoms with van der Waals surface area (Å²) in [6, 6.07) is 5.16. The molecule has 0 spiro atoms. The molecule has 0 bridgehead atoms.